The van der Waals surface area contributed by atoms with Crippen LogP contribution in [-0.2, 0) is 16.6 Å². The van der Waals surface area contributed by atoms with Crippen molar-refractivity contribution in [2.75, 3.05) is 20.1 Å². The molecule has 1 unspecified atom stereocenters. The van der Waals surface area contributed by atoms with Crippen LogP contribution in [0.15, 0.2) is 12.4 Å². The third-order valence-corrected chi connectivity index (χ3v) is 4.55. The maximum absolute atomic E-state index is 12.2. The van der Waals surface area contributed by atoms with Gasteiger partial charge in [0.2, 0.25) is 11.8 Å². The van der Waals surface area contributed by atoms with Crippen LogP contribution >= 0.6 is 12.4 Å². The Kier molecular flexibility index (Phi) is 9.52. The molecule has 1 aliphatic carbocycles. The molecule has 0 saturated heterocycles. The summed E-state index contributed by atoms with van der Waals surface area (Å²) in [4.78, 5) is 24.1. The molecule has 0 radical (unpaired) electrons. The first kappa shape index (κ1) is 21.4. The second kappa shape index (κ2) is 11.1. The minimum atomic E-state index is -0.434. The summed E-state index contributed by atoms with van der Waals surface area (Å²) in [6, 6.07) is -0.434. The Hall–Kier alpha value is -1.60. The summed E-state index contributed by atoms with van der Waals surface area (Å²) >= 11 is 0. The zero-order chi connectivity index (χ0) is 17.4. The van der Waals surface area contributed by atoms with E-state index in [9.17, 15) is 9.59 Å². The second-order valence-corrected chi connectivity index (χ2v) is 6.52. The molecule has 1 aromatic rings. The number of halogens is 1. The van der Waals surface area contributed by atoms with Gasteiger partial charge in [0.1, 0.15) is 6.04 Å². The topological polar surface area (TPSA) is 88.1 Å². The van der Waals surface area contributed by atoms with Gasteiger partial charge in [-0.2, -0.15) is 5.10 Å². The van der Waals surface area contributed by atoms with E-state index >= 15 is 0 Å². The van der Waals surface area contributed by atoms with Crippen LogP contribution in [-0.4, -0.2) is 41.7 Å². The Morgan fingerprint density at radius 1 is 1.24 bits per heavy atom. The molecule has 0 aromatic carbocycles. The molecule has 0 bridgehead atoms. The Labute approximate surface area is 155 Å². The van der Waals surface area contributed by atoms with Crippen molar-refractivity contribution in [3.63, 3.8) is 0 Å². The Balaban J connectivity index is 0.00000312. The van der Waals surface area contributed by atoms with Crippen molar-refractivity contribution < 1.29 is 9.59 Å². The van der Waals surface area contributed by atoms with Gasteiger partial charge in [0.25, 0.3) is 0 Å². The van der Waals surface area contributed by atoms with Gasteiger partial charge in [-0.3, -0.25) is 14.3 Å². The molecule has 1 heterocycles. The van der Waals surface area contributed by atoms with E-state index in [1.54, 1.807) is 17.9 Å². The number of hydrogen-bond acceptors (Lipinski definition) is 4. The van der Waals surface area contributed by atoms with Crippen molar-refractivity contribution in [1.29, 1.82) is 0 Å². The molecule has 0 spiro atoms. The number of carbonyl (C=O) groups is 2. The molecule has 7 nitrogen and oxygen atoms in total. The molecule has 0 aliphatic heterocycles. The average molecular weight is 372 g/mol. The van der Waals surface area contributed by atoms with Gasteiger partial charge in [-0.15, -0.1) is 12.4 Å². The summed E-state index contributed by atoms with van der Waals surface area (Å²) < 4.78 is 1.67. The molecule has 2 amide bonds. The van der Waals surface area contributed by atoms with Crippen molar-refractivity contribution in [2.45, 2.75) is 44.6 Å². The maximum atomic E-state index is 12.2. The highest BCUT2D eigenvalue weighted by Crippen LogP contribution is 2.25. The second-order valence-electron chi connectivity index (χ2n) is 6.52. The van der Waals surface area contributed by atoms with E-state index in [-0.39, 0.29) is 24.2 Å². The summed E-state index contributed by atoms with van der Waals surface area (Å²) in [5, 5.41) is 12.8. The van der Waals surface area contributed by atoms with E-state index in [0.717, 1.165) is 5.56 Å². The van der Waals surface area contributed by atoms with Crippen LogP contribution in [0, 0.1) is 5.92 Å². The number of aryl methyl sites for hydroxylation is 1. The highest BCUT2D eigenvalue weighted by atomic mass is 35.5. The number of rotatable bonds is 8. The van der Waals surface area contributed by atoms with Gasteiger partial charge >= 0.3 is 0 Å². The number of nitrogens with zero attached hydrogens (tertiary/aromatic N) is 2. The lowest BCUT2D eigenvalue weighted by molar-refractivity contribution is -0.124. The van der Waals surface area contributed by atoms with Crippen molar-refractivity contribution in [3.8, 4) is 0 Å². The molecule has 8 heteroatoms. The van der Waals surface area contributed by atoms with E-state index in [2.05, 4.69) is 21.0 Å². The van der Waals surface area contributed by atoms with Gasteiger partial charge in [-0.1, -0.05) is 19.3 Å². The summed E-state index contributed by atoms with van der Waals surface area (Å²) in [5.74, 6) is 0.508. The third kappa shape index (κ3) is 7.04. The van der Waals surface area contributed by atoms with Crippen LogP contribution in [0.3, 0.4) is 0 Å². The van der Waals surface area contributed by atoms with Gasteiger partial charge in [0.05, 0.1) is 6.20 Å². The molecule has 1 atom stereocenters. The van der Waals surface area contributed by atoms with Crippen molar-refractivity contribution in [3.05, 3.63) is 18.0 Å². The third-order valence-electron chi connectivity index (χ3n) is 4.55. The minimum absolute atomic E-state index is 0. The first-order chi connectivity index (χ1) is 11.6. The van der Waals surface area contributed by atoms with Crippen LogP contribution in [0.2, 0.25) is 0 Å². The molecule has 142 valence electrons. The normalized spacial score (nSPS) is 15.9. The van der Waals surface area contributed by atoms with Gasteiger partial charge in [0.15, 0.2) is 0 Å². The summed E-state index contributed by atoms with van der Waals surface area (Å²) in [6.45, 7) is 0.883. The van der Waals surface area contributed by atoms with Crippen LogP contribution in [0.4, 0.5) is 0 Å². The number of likely N-dealkylation sites (N-methyl/N-ethyl adjacent to an activating group) is 1. The zero-order valence-electron chi connectivity index (χ0n) is 15.1. The Morgan fingerprint density at radius 3 is 2.52 bits per heavy atom. The summed E-state index contributed by atoms with van der Waals surface area (Å²) in [6.07, 6.45) is 10.2. The van der Waals surface area contributed by atoms with E-state index in [0.29, 0.717) is 25.4 Å². The van der Waals surface area contributed by atoms with E-state index in [1.807, 2.05) is 13.2 Å². The van der Waals surface area contributed by atoms with Crippen LogP contribution in [0.5, 0.6) is 0 Å². The van der Waals surface area contributed by atoms with Crippen molar-refractivity contribution in [2.24, 2.45) is 13.0 Å². The fourth-order valence-electron chi connectivity index (χ4n) is 3.25. The lowest BCUT2D eigenvalue weighted by Gasteiger charge is -2.21. The molecule has 2 rings (SSSR count). The smallest absolute Gasteiger partial charge is 0.241 e. The first-order valence-corrected chi connectivity index (χ1v) is 8.80. The van der Waals surface area contributed by atoms with Crippen LogP contribution in [0.1, 0.15) is 50.1 Å². The average Bonchev–Trinajstić information content (AvgIpc) is 2.99. The quantitative estimate of drug-likeness (QED) is 0.601. The summed E-state index contributed by atoms with van der Waals surface area (Å²) in [7, 11) is 3.55. The monoisotopic (exact) mass is 371 g/mol. The lowest BCUT2D eigenvalue weighted by atomic mass is 9.87. The largest absolute Gasteiger partial charge is 0.354 e. The Morgan fingerprint density at radius 2 is 1.92 bits per heavy atom. The lowest BCUT2D eigenvalue weighted by Crippen LogP contribution is -2.40. The molecule has 1 aromatic heterocycles. The Bertz CT molecular complexity index is 543. The minimum Gasteiger partial charge on any atom is -0.354 e. The van der Waals surface area contributed by atoms with Crippen LogP contribution in [0.25, 0.3) is 0 Å². The first-order valence-electron chi connectivity index (χ1n) is 8.80. The molecule has 1 saturated carbocycles. The molecule has 1 fully saturated rings. The van der Waals surface area contributed by atoms with E-state index in [1.165, 1.54) is 32.1 Å². The number of amides is 2. The SMILES string of the molecule is CNC(C(=O)NCCNC(=O)CC1CCCCC1)c1cnn(C)c1.Cl. The van der Waals surface area contributed by atoms with Gasteiger partial charge in [-0.05, 0) is 25.8 Å². The van der Waals surface area contributed by atoms with Gasteiger partial charge in [0, 0.05) is 38.3 Å². The number of carbonyl (C=O) groups excluding carboxylic acids is 2. The molecule has 3 N–H and O–H groups in total. The van der Waals surface area contributed by atoms with Crippen LogP contribution < -0.4 is 16.0 Å². The van der Waals surface area contributed by atoms with Crippen molar-refractivity contribution in [1.82, 2.24) is 25.7 Å². The maximum Gasteiger partial charge on any atom is 0.241 e. The molecule has 25 heavy (non-hydrogen) atoms. The predicted octanol–water partition coefficient (Wildman–Crippen LogP) is 1.31. The van der Waals surface area contributed by atoms with E-state index in [4.69, 9.17) is 0 Å². The van der Waals surface area contributed by atoms with E-state index < -0.39 is 6.04 Å². The number of aromatic nitrogens is 2. The number of hydrogen-bond donors (Lipinski definition) is 3. The molecular formula is C17H30ClN5O2. The highest BCUT2D eigenvalue weighted by molar-refractivity contribution is 5.85. The zero-order valence-corrected chi connectivity index (χ0v) is 15.9. The standard InChI is InChI=1S/C17H29N5O2.ClH/c1-18-16(14-11-21-22(2)12-14)17(24)20-9-8-19-15(23)10-13-6-4-3-5-7-13;/h11-13,16,18H,3-10H2,1-2H3,(H,19,23)(H,20,24);1H. The van der Waals surface area contributed by atoms with Gasteiger partial charge < -0.3 is 16.0 Å². The summed E-state index contributed by atoms with van der Waals surface area (Å²) in [5.41, 5.74) is 0.818. The molecular weight excluding hydrogens is 342 g/mol. The number of nitrogens with one attached hydrogen (secondary N) is 3. The highest BCUT2D eigenvalue weighted by Gasteiger charge is 2.20. The fourth-order valence-corrected chi connectivity index (χ4v) is 3.25. The van der Waals surface area contributed by atoms with Gasteiger partial charge in [-0.25, -0.2) is 0 Å². The van der Waals surface area contributed by atoms with Crippen molar-refractivity contribution >= 4 is 24.2 Å². The predicted molar refractivity (Wildman–Crippen MR) is 99.5 cm³/mol. The molecule has 1 aliphatic rings. The fraction of sp³-hybridized carbons (Fsp3) is 0.706.